The first-order chi connectivity index (χ1) is 8.11. The van der Waals surface area contributed by atoms with Crippen LogP contribution in [0.25, 0.3) is 0 Å². The van der Waals surface area contributed by atoms with Crippen molar-refractivity contribution in [1.29, 1.82) is 0 Å². The Morgan fingerprint density at radius 2 is 2.18 bits per heavy atom. The molecule has 3 heterocycles. The first-order valence-corrected chi connectivity index (χ1v) is 6.50. The van der Waals surface area contributed by atoms with Crippen LogP contribution in [0.15, 0.2) is 0 Å². The lowest BCUT2D eigenvalue weighted by atomic mass is 9.82. The Kier molecular flexibility index (Phi) is 2.65. The van der Waals surface area contributed by atoms with E-state index in [2.05, 4.69) is 10.2 Å². The summed E-state index contributed by atoms with van der Waals surface area (Å²) in [5.74, 6) is -0.739. The maximum absolute atomic E-state index is 11.1. The molecule has 3 aliphatic rings. The zero-order chi connectivity index (χ0) is 12.0. The lowest BCUT2D eigenvalue weighted by Gasteiger charge is -2.52. The lowest BCUT2D eigenvalue weighted by molar-refractivity contribution is -0.143. The van der Waals surface area contributed by atoms with Crippen molar-refractivity contribution in [3.05, 3.63) is 0 Å². The number of carboxylic acid groups (broad SMARTS) is 1. The molecule has 0 aromatic heterocycles. The van der Waals surface area contributed by atoms with Crippen molar-refractivity contribution in [3.63, 3.8) is 0 Å². The normalized spacial score (nSPS) is 42.4. The molecular weight excluding hydrogens is 220 g/mol. The van der Waals surface area contributed by atoms with Gasteiger partial charge in [-0.15, -0.1) is 0 Å². The van der Waals surface area contributed by atoms with Gasteiger partial charge in [0, 0.05) is 30.7 Å². The third-order valence-electron chi connectivity index (χ3n) is 4.68. The van der Waals surface area contributed by atoms with Crippen molar-refractivity contribution in [2.45, 2.75) is 55.8 Å². The van der Waals surface area contributed by atoms with E-state index in [9.17, 15) is 9.90 Å². The number of hydrogen-bond acceptors (Lipinski definition) is 4. The molecule has 0 spiro atoms. The van der Waals surface area contributed by atoms with E-state index in [0.717, 1.165) is 32.4 Å². The van der Waals surface area contributed by atoms with E-state index >= 15 is 0 Å². The Labute approximate surface area is 101 Å². The Bertz CT molecular complexity index is 332. The summed E-state index contributed by atoms with van der Waals surface area (Å²) in [7, 11) is 0. The second-order valence-corrected chi connectivity index (χ2v) is 5.80. The second-order valence-electron chi connectivity index (χ2n) is 5.80. The minimum Gasteiger partial charge on any atom is -0.481 e. The van der Waals surface area contributed by atoms with Crippen molar-refractivity contribution in [2.24, 2.45) is 0 Å². The summed E-state index contributed by atoms with van der Waals surface area (Å²) in [5.41, 5.74) is -0.277. The van der Waals surface area contributed by atoms with Crippen LogP contribution in [0, 0.1) is 0 Å². The lowest BCUT2D eigenvalue weighted by Crippen LogP contribution is -2.67. The van der Waals surface area contributed by atoms with Gasteiger partial charge in [-0.25, -0.2) is 0 Å². The molecule has 3 aliphatic heterocycles. The van der Waals surface area contributed by atoms with Gasteiger partial charge in [0.05, 0.1) is 12.5 Å². The van der Waals surface area contributed by atoms with Gasteiger partial charge in [0.1, 0.15) is 0 Å². The number of carbonyl (C=O) groups is 1. The number of piperidine rings is 1. The predicted octanol–water partition coefficient (Wildman–Crippen LogP) is -0.209. The monoisotopic (exact) mass is 240 g/mol. The van der Waals surface area contributed by atoms with Crippen LogP contribution in [-0.4, -0.2) is 57.9 Å². The van der Waals surface area contributed by atoms with Gasteiger partial charge in [-0.05, 0) is 25.7 Å². The smallest absolute Gasteiger partial charge is 0.305 e. The fourth-order valence-electron chi connectivity index (χ4n) is 4.05. The second kappa shape index (κ2) is 3.93. The average molecular weight is 240 g/mol. The largest absolute Gasteiger partial charge is 0.481 e. The molecule has 3 atom stereocenters. The number of hydrogen-bond donors (Lipinski definition) is 3. The molecule has 3 fully saturated rings. The van der Waals surface area contributed by atoms with E-state index in [1.54, 1.807) is 0 Å². The molecule has 2 bridgehead atoms. The number of nitrogens with one attached hydrogen (secondary N) is 1. The maximum Gasteiger partial charge on any atom is 0.305 e. The first kappa shape index (κ1) is 11.4. The molecule has 5 heteroatoms. The summed E-state index contributed by atoms with van der Waals surface area (Å²) in [4.78, 5) is 13.5. The Balaban J connectivity index is 1.86. The number of fused-ring (bicyclic) bond motifs is 2. The number of rotatable bonds is 3. The minimum absolute atomic E-state index is 0.178. The van der Waals surface area contributed by atoms with Crippen molar-refractivity contribution < 1.29 is 15.0 Å². The molecule has 3 unspecified atom stereocenters. The number of aliphatic carboxylic acids is 1. The molecule has 96 valence electrons. The van der Waals surface area contributed by atoms with Crippen LogP contribution in [0.4, 0.5) is 0 Å². The average Bonchev–Trinajstić information content (AvgIpc) is 2.38. The topological polar surface area (TPSA) is 72.8 Å². The summed E-state index contributed by atoms with van der Waals surface area (Å²) >= 11 is 0. The van der Waals surface area contributed by atoms with Gasteiger partial charge in [0.25, 0.3) is 0 Å². The van der Waals surface area contributed by atoms with E-state index in [0.29, 0.717) is 18.5 Å². The number of aliphatic hydroxyl groups is 1. The molecule has 3 saturated heterocycles. The van der Waals surface area contributed by atoms with E-state index in [4.69, 9.17) is 5.11 Å². The van der Waals surface area contributed by atoms with Gasteiger partial charge < -0.3 is 15.5 Å². The van der Waals surface area contributed by atoms with Crippen molar-refractivity contribution in [3.8, 4) is 0 Å². The fraction of sp³-hybridized carbons (Fsp3) is 0.917. The summed E-state index contributed by atoms with van der Waals surface area (Å²) in [6.45, 7) is 1.93. The fourth-order valence-corrected chi connectivity index (χ4v) is 4.05. The van der Waals surface area contributed by atoms with Crippen LogP contribution in [0.3, 0.4) is 0 Å². The SMILES string of the molecule is O=C(O)CC12CCC(CC(O)C1)N2C1CNC1. The summed E-state index contributed by atoms with van der Waals surface area (Å²) < 4.78 is 0. The molecule has 0 saturated carbocycles. The van der Waals surface area contributed by atoms with Crippen LogP contribution >= 0.6 is 0 Å². The third-order valence-corrected chi connectivity index (χ3v) is 4.68. The summed E-state index contributed by atoms with van der Waals surface area (Å²) in [6.07, 6.45) is 3.28. The summed E-state index contributed by atoms with van der Waals surface area (Å²) in [6, 6.07) is 0.875. The standard InChI is InChI=1S/C12H20N2O3/c15-10-3-8-1-2-12(4-10,5-11(16)17)14(8)9-6-13-7-9/h8-10,13,15H,1-7H2,(H,16,17). The van der Waals surface area contributed by atoms with Gasteiger partial charge in [0.2, 0.25) is 0 Å². The molecule has 0 aromatic rings. The van der Waals surface area contributed by atoms with Crippen molar-refractivity contribution >= 4 is 5.97 Å². The zero-order valence-corrected chi connectivity index (χ0v) is 9.93. The third kappa shape index (κ3) is 1.77. The van der Waals surface area contributed by atoms with Crippen LogP contribution < -0.4 is 5.32 Å². The van der Waals surface area contributed by atoms with E-state index in [1.807, 2.05) is 0 Å². The Morgan fingerprint density at radius 3 is 2.76 bits per heavy atom. The van der Waals surface area contributed by atoms with Crippen LogP contribution in [0.5, 0.6) is 0 Å². The minimum atomic E-state index is -0.739. The van der Waals surface area contributed by atoms with E-state index in [-0.39, 0.29) is 18.1 Å². The molecule has 5 nitrogen and oxygen atoms in total. The van der Waals surface area contributed by atoms with Gasteiger partial charge in [-0.1, -0.05) is 0 Å². The van der Waals surface area contributed by atoms with Gasteiger partial charge in [0.15, 0.2) is 0 Å². The molecule has 3 N–H and O–H groups in total. The van der Waals surface area contributed by atoms with Crippen molar-refractivity contribution in [2.75, 3.05) is 13.1 Å². The zero-order valence-electron chi connectivity index (χ0n) is 9.93. The molecule has 0 aliphatic carbocycles. The van der Waals surface area contributed by atoms with Crippen LogP contribution in [0.1, 0.15) is 32.1 Å². The van der Waals surface area contributed by atoms with Crippen molar-refractivity contribution in [1.82, 2.24) is 10.2 Å². The molecule has 3 rings (SSSR count). The number of nitrogens with zero attached hydrogens (tertiary/aromatic N) is 1. The maximum atomic E-state index is 11.1. The predicted molar refractivity (Wildman–Crippen MR) is 61.7 cm³/mol. The highest BCUT2D eigenvalue weighted by Crippen LogP contribution is 2.47. The number of carboxylic acids is 1. The Hall–Kier alpha value is -0.650. The van der Waals surface area contributed by atoms with E-state index < -0.39 is 5.97 Å². The highest BCUT2D eigenvalue weighted by Gasteiger charge is 2.55. The Morgan fingerprint density at radius 1 is 1.41 bits per heavy atom. The van der Waals surface area contributed by atoms with E-state index in [1.165, 1.54) is 0 Å². The first-order valence-electron chi connectivity index (χ1n) is 6.50. The van der Waals surface area contributed by atoms with Gasteiger partial charge >= 0.3 is 5.97 Å². The highest BCUT2D eigenvalue weighted by atomic mass is 16.4. The van der Waals surface area contributed by atoms with Gasteiger partial charge in [-0.2, -0.15) is 0 Å². The number of aliphatic hydroxyl groups excluding tert-OH is 1. The molecule has 0 radical (unpaired) electrons. The highest BCUT2D eigenvalue weighted by molar-refractivity contribution is 5.68. The molecule has 0 aromatic carbocycles. The van der Waals surface area contributed by atoms with Crippen LogP contribution in [0.2, 0.25) is 0 Å². The summed E-state index contributed by atoms with van der Waals surface area (Å²) in [5, 5.41) is 22.3. The van der Waals surface area contributed by atoms with Gasteiger partial charge in [-0.3, -0.25) is 9.69 Å². The molecule has 17 heavy (non-hydrogen) atoms. The molecule has 0 amide bonds. The van der Waals surface area contributed by atoms with Crippen LogP contribution in [-0.2, 0) is 4.79 Å². The molecular formula is C12H20N2O3. The quantitative estimate of drug-likeness (QED) is 0.636.